The minimum atomic E-state index is -3.75. The maximum absolute atomic E-state index is 16.6. The quantitative estimate of drug-likeness (QED) is 0.0771. The van der Waals surface area contributed by atoms with Crippen molar-refractivity contribution in [3.63, 3.8) is 0 Å². The highest BCUT2D eigenvalue weighted by Crippen LogP contribution is 2.56. The summed E-state index contributed by atoms with van der Waals surface area (Å²) in [6, 6.07) is 6.67. The molecule has 1 N–H and O–H groups in total. The number of benzene rings is 1. The summed E-state index contributed by atoms with van der Waals surface area (Å²) in [4.78, 5) is 35.2. The van der Waals surface area contributed by atoms with Crippen LogP contribution in [-0.2, 0) is 55.7 Å². The van der Waals surface area contributed by atoms with E-state index in [1.165, 1.54) is 26.6 Å². The first kappa shape index (κ1) is 37.1. The van der Waals surface area contributed by atoms with Gasteiger partial charge < -0.3 is 37.0 Å². The van der Waals surface area contributed by atoms with E-state index in [0.29, 0.717) is 24.0 Å². The van der Waals surface area contributed by atoms with Crippen LogP contribution in [0.4, 0.5) is 4.39 Å². The lowest BCUT2D eigenvalue weighted by molar-refractivity contribution is -0.0483. The number of carbonyl (C=O) groups excluding carboxylic acids is 1. The number of carbonyl (C=O) groups is 1. The van der Waals surface area contributed by atoms with E-state index >= 15 is 4.39 Å². The van der Waals surface area contributed by atoms with E-state index in [2.05, 4.69) is 25.3 Å². The van der Waals surface area contributed by atoms with E-state index in [-0.39, 0.29) is 53.3 Å². The Morgan fingerprint density at radius 3 is 2.72 bits per heavy atom. The second-order valence-corrected chi connectivity index (χ2v) is 17.5. The topological polar surface area (TPSA) is 200 Å². The summed E-state index contributed by atoms with van der Waals surface area (Å²) in [7, 11) is 2.39. The third-order valence-corrected chi connectivity index (χ3v) is 12.5. The maximum atomic E-state index is 16.6. The molecule has 0 spiro atoms. The predicted molar refractivity (Wildman–Crippen MR) is 181 cm³/mol. The van der Waals surface area contributed by atoms with Gasteiger partial charge in [-0.25, -0.2) is 28.8 Å². The van der Waals surface area contributed by atoms with Crippen LogP contribution in [0.25, 0.3) is 22.2 Å². The molecule has 1 aromatic carbocycles. The van der Waals surface area contributed by atoms with E-state index in [9.17, 15) is 9.69 Å². The van der Waals surface area contributed by atoms with Gasteiger partial charge in [0.1, 0.15) is 29.6 Å². The molecule has 6 atom stereocenters. The van der Waals surface area contributed by atoms with Crippen molar-refractivity contribution in [1.29, 1.82) is 5.26 Å². The lowest BCUT2D eigenvalue weighted by Crippen LogP contribution is -2.35. The Morgan fingerprint density at radius 1 is 1.18 bits per heavy atom. The minimum Gasteiger partial charge on any atom is -0.465 e. The van der Waals surface area contributed by atoms with Gasteiger partial charge in [0.2, 0.25) is 0 Å². The smallest absolute Gasteiger partial charge is 0.340 e. The van der Waals surface area contributed by atoms with E-state index in [1.54, 1.807) is 18.5 Å². The minimum absolute atomic E-state index is 0.0281. The van der Waals surface area contributed by atoms with Crippen molar-refractivity contribution in [3.8, 4) is 6.07 Å². The molecule has 1 aliphatic heterocycles. The molecule has 4 aromatic rings. The summed E-state index contributed by atoms with van der Waals surface area (Å²) in [5.74, 6) is -0.630. The van der Waals surface area contributed by atoms with Crippen LogP contribution in [0.3, 0.4) is 0 Å². The Hall–Kier alpha value is -2.63. The standard InChI is InChI=1S/C27H30ClFN8O9P2S2/c1-40-27(38)17-5-3-6-18-21(17)34-35-37(18)26-20(29)23(19(45-26)12-43-47(39,49)41-2)46-48(50,42-8-4-7-30)44-11-15-9-16(10-15)36-14-33-22-24(28)31-13-32-25(22)36/h3,5-6,13-16,19-20,23,26H,4,8-12H2,1-2H3,(H,39,49)/t15-,16+,19-,20-,23-,26-,47?,48?/m1/s1. The zero-order chi connectivity index (χ0) is 35.6. The molecule has 0 amide bonds. The van der Waals surface area contributed by atoms with E-state index in [1.807, 2.05) is 10.6 Å². The zero-order valence-corrected chi connectivity index (χ0v) is 30.5. The number of nitriles is 1. The van der Waals surface area contributed by atoms with Gasteiger partial charge >= 0.3 is 19.4 Å². The van der Waals surface area contributed by atoms with Crippen LogP contribution >= 0.6 is 25.0 Å². The summed E-state index contributed by atoms with van der Waals surface area (Å²) in [6.07, 6.45) is -1.78. The molecule has 50 heavy (non-hydrogen) atoms. The number of methoxy groups -OCH3 is 1. The van der Waals surface area contributed by atoms with Gasteiger partial charge in [0.05, 0.1) is 56.8 Å². The third kappa shape index (κ3) is 7.75. The molecule has 2 unspecified atom stereocenters. The van der Waals surface area contributed by atoms with Gasteiger partial charge in [-0.15, -0.1) is 5.10 Å². The van der Waals surface area contributed by atoms with E-state index in [4.69, 9.17) is 72.6 Å². The Balaban J connectivity index is 1.21. The summed E-state index contributed by atoms with van der Waals surface area (Å²) < 4.78 is 58.8. The Bertz CT molecular complexity index is 2010. The number of esters is 1. The molecular formula is C27H30ClFN8O9P2S2. The van der Waals surface area contributed by atoms with Crippen LogP contribution < -0.4 is 0 Å². The van der Waals surface area contributed by atoms with Gasteiger partial charge in [-0.3, -0.25) is 4.52 Å². The first-order valence-corrected chi connectivity index (χ1v) is 20.5. The fourth-order valence-electron chi connectivity index (χ4n) is 5.60. The van der Waals surface area contributed by atoms with Crippen LogP contribution in [-0.4, -0.2) is 97.8 Å². The predicted octanol–water partition coefficient (Wildman–Crippen LogP) is 4.33. The molecule has 17 nitrogen and oxygen atoms in total. The Morgan fingerprint density at radius 2 is 1.98 bits per heavy atom. The normalized spacial score (nSPS) is 25.9. The van der Waals surface area contributed by atoms with Crippen LogP contribution in [0.15, 0.2) is 30.9 Å². The summed E-state index contributed by atoms with van der Waals surface area (Å²) in [5.41, 5.74) is 1.66. The summed E-state index contributed by atoms with van der Waals surface area (Å²) in [5, 5.41) is 17.5. The van der Waals surface area contributed by atoms with Crippen molar-refractivity contribution in [3.05, 3.63) is 41.6 Å². The molecule has 0 bridgehead atoms. The van der Waals surface area contributed by atoms with Crippen molar-refractivity contribution >= 4 is 76.8 Å². The van der Waals surface area contributed by atoms with Crippen molar-refractivity contribution in [2.45, 2.75) is 49.9 Å². The van der Waals surface area contributed by atoms with Gasteiger partial charge in [0.25, 0.3) is 0 Å². The molecule has 4 heterocycles. The van der Waals surface area contributed by atoms with Gasteiger partial charge in [0.15, 0.2) is 23.2 Å². The monoisotopic (exact) mass is 790 g/mol. The molecule has 1 saturated heterocycles. The van der Waals surface area contributed by atoms with Crippen molar-refractivity contribution in [2.75, 3.05) is 34.0 Å². The number of hydrogen-bond donors (Lipinski definition) is 1. The fourth-order valence-corrected chi connectivity index (χ4v) is 8.56. The first-order chi connectivity index (χ1) is 24.0. The molecule has 23 heteroatoms. The van der Waals surface area contributed by atoms with E-state index < -0.39 is 50.6 Å². The number of imidazole rings is 1. The fraction of sp³-hybridized carbons (Fsp3) is 0.519. The summed E-state index contributed by atoms with van der Waals surface area (Å²) in [6.45, 7) is -7.93. The molecule has 6 rings (SSSR count). The highest BCUT2D eigenvalue weighted by molar-refractivity contribution is 8.07. The van der Waals surface area contributed by atoms with Crippen molar-refractivity contribution < 1.29 is 46.2 Å². The highest BCUT2D eigenvalue weighted by Gasteiger charge is 2.51. The second-order valence-electron chi connectivity index (χ2n) is 11.2. The molecule has 1 saturated carbocycles. The third-order valence-electron chi connectivity index (χ3n) is 8.15. The summed E-state index contributed by atoms with van der Waals surface area (Å²) >= 11 is 16.9. The van der Waals surface area contributed by atoms with Crippen LogP contribution in [0.1, 0.15) is 41.9 Å². The van der Waals surface area contributed by atoms with Gasteiger partial charge in [-0.05, 0) is 54.5 Å². The van der Waals surface area contributed by atoms with Crippen molar-refractivity contribution in [2.24, 2.45) is 5.92 Å². The van der Waals surface area contributed by atoms with Gasteiger partial charge in [0, 0.05) is 13.2 Å². The zero-order valence-electron chi connectivity index (χ0n) is 26.4. The van der Waals surface area contributed by atoms with Crippen LogP contribution in [0, 0.1) is 17.2 Å². The number of rotatable bonds is 15. The Kier molecular flexibility index (Phi) is 11.5. The highest BCUT2D eigenvalue weighted by atomic mass is 35.5. The first-order valence-electron chi connectivity index (χ1n) is 15.0. The molecule has 2 aliphatic rings. The number of hydrogen-bond acceptors (Lipinski definition) is 16. The molecule has 2 fully saturated rings. The average Bonchev–Trinajstić information content (AvgIpc) is 3.79. The van der Waals surface area contributed by atoms with E-state index in [0.717, 1.165) is 4.68 Å². The van der Waals surface area contributed by atoms with Crippen molar-refractivity contribution in [1.82, 2.24) is 34.5 Å². The molecule has 3 aromatic heterocycles. The molecule has 1 aliphatic carbocycles. The average molecular weight is 791 g/mol. The number of halogens is 2. The number of nitrogens with zero attached hydrogens (tertiary/aromatic N) is 8. The van der Waals surface area contributed by atoms with Gasteiger partial charge in [-0.1, -0.05) is 22.9 Å². The SMILES string of the molecule is COC(=O)c1cccc2c1nnn2[C@@H]1O[C@H](COP(O)(=S)OC)[C@@H](OP(=S)(OCCC#N)OC[C@H]2C[C@@H](n3cnc4c(Cl)ncnc43)C2)[C@H]1F. The van der Waals surface area contributed by atoms with Crippen LogP contribution in [0.5, 0.6) is 0 Å². The van der Waals surface area contributed by atoms with Gasteiger partial charge in [-0.2, -0.15) is 5.26 Å². The molecular weight excluding hydrogens is 761 g/mol. The Labute approximate surface area is 299 Å². The largest absolute Gasteiger partial charge is 0.465 e. The lowest BCUT2D eigenvalue weighted by atomic mass is 9.81. The number of aromatic nitrogens is 7. The number of alkyl halides is 1. The number of fused-ring (bicyclic) bond motifs is 2. The maximum Gasteiger partial charge on any atom is 0.340 e. The number of ether oxygens (including phenoxy) is 2. The molecule has 268 valence electrons. The molecule has 0 radical (unpaired) electrons. The van der Waals surface area contributed by atoms with Crippen LogP contribution in [0.2, 0.25) is 5.15 Å². The lowest BCUT2D eigenvalue weighted by Gasteiger charge is -2.37. The second kappa shape index (κ2) is 15.5.